The predicted molar refractivity (Wildman–Crippen MR) is 152 cm³/mol. The van der Waals surface area contributed by atoms with Crippen LogP contribution in [0.1, 0.15) is 76.7 Å². The second-order valence-corrected chi connectivity index (χ2v) is 10.1. The van der Waals surface area contributed by atoms with Crippen LogP contribution in [0.3, 0.4) is 0 Å². The van der Waals surface area contributed by atoms with Gasteiger partial charge in [0.2, 0.25) is 0 Å². The first-order valence-corrected chi connectivity index (χ1v) is 13.6. The first kappa shape index (κ1) is 22.9. The van der Waals surface area contributed by atoms with Crippen LogP contribution in [0.25, 0.3) is 43.1 Å². The summed E-state index contributed by atoms with van der Waals surface area (Å²) >= 11 is 0. The molecule has 0 heteroatoms. The van der Waals surface area contributed by atoms with E-state index in [2.05, 4.69) is 85.8 Å². The monoisotopic (exact) mass is 446 g/mol. The van der Waals surface area contributed by atoms with Crippen LogP contribution >= 0.6 is 0 Å². The fourth-order valence-electron chi connectivity index (χ4n) is 5.59. The molecule has 0 radical (unpaired) electrons. The summed E-state index contributed by atoms with van der Waals surface area (Å²) in [7, 11) is 0. The van der Waals surface area contributed by atoms with Gasteiger partial charge in [-0.2, -0.15) is 0 Å². The van der Waals surface area contributed by atoms with E-state index in [0.717, 1.165) is 0 Å². The number of benzene rings is 5. The summed E-state index contributed by atoms with van der Waals surface area (Å²) in [6.07, 6.45) is 15.2. The molecular formula is C34H38. The van der Waals surface area contributed by atoms with Gasteiger partial charge in [0.25, 0.3) is 0 Å². The number of unbranched alkanes of at least 4 members (excludes halogenated alkanes) is 9. The largest absolute Gasteiger partial charge is 0.0654 e. The summed E-state index contributed by atoms with van der Waals surface area (Å²) in [4.78, 5) is 0. The smallest absolute Gasteiger partial charge is 0.00987 e. The highest BCUT2D eigenvalue weighted by molar-refractivity contribution is 6.19. The molecule has 0 N–H and O–H groups in total. The van der Waals surface area contributed by atoms with Gasteiger partial charge in [0.1, 0.15) is 0 Å². The first-order valence-electron chi connectivity index (χ1n) is 13.6. The Morgan fingerprint density at radius 3 is 1.68 bits per heavy atom. The molecule has 0 nitrogen and oxygen atoms in total. The summed E-state index contributed by atoms with van der Waals surface area (Å²) in [5.41, 5.74) is 1.48. The van der Waals surface area contributed by atoms with Crippen molar-refractivity contribution in [3.05, 3.63) is 84.4 Å². The molecule has 0 aromatic heterocycles. The second kappa shape index (κ2) is 11.0. The van der Waals surface area contributed by atoms with Gasteiger partial charge in [0.05, 0.1) is 0 Å². The fraction of sp³-hybridized carbons (Fsp3) is 0.353. The third-order valence-corrected chi connectivity index (χ3v) is 7.58. The van der Waals surface area contributed by atoms with Crippen LogP contribution in [0, 0.1) is 0 Å². The van der Waals surface area contributed by atoms with Gasteiger partial charge in [-0.3, -0.25) is 0 Å². The zero-order valence-corrected chi connectivity index (χ0v) is 20.8. The van der Waals surface area contributed by atoms with E-state index in [9.17, 15) is 0 Å². The van der Waals surface area contributed by atoms with Crippen molar-refractivity contribution in [1.82, 2.24) is 0 Å². The molecule has 0 amide bonds. The molecule has 0 aliphatic heterocycles. The van der Waals surface area contributed by atoms with Crippen LogP contribution in [0.5, 0.6) is 0 Å². The van der Waals surface area contributed by atoms with Crippen molar-refractivity contribution in [2.75, 3.05) is 0 Å². The van der Waals surface area contributed by atoms with Crippen molar-refractivity contribution in [1.29, 1.82) is 0 Å². The van der Waals surface area contributed by atoms with Crippen molar-refractivity contribution in [3.8, 4) is 0 Å². The molecule has 0 saturated carbocycles. The average molecular weight is 447 g/mol. The van der Waals surface area contributed by atoms with Crippen LogP contribution < -0.4 is 0 Å². The molecule has 0 aliphatic rings. The fourth-order valence-corrected chi connectivity index (χ4v) is 5.59. The standard InChI is InChI=1S/C34H38/c1-2-3-4-5-6-7-8-9-10-11-14-26-17-20-31-29(23-26)18-22-33-32(31)21-19-30-24-27-15-12-13-16-28(27)25-34(30)33/h12-13,15-25H,2-11,14H2,1H3. The molecule has 0 atom stereocenters. The quantitative estimate of drug-likeness (QED) is 0.107. The molecular weight excluding hydrogens is 408 g/mol. The normalized spacial score (nSPS) is 11.8. The molecule has 5 aromatic carbocycles. The minimum atomic E-state index is 1.20. The second-order valence-electron chi connectivity index (χ2n) is 10.1. The zero-order chi connectivity index (χ0) is 23.2. The lowest BCUT2D eigenvalue weighted by Gasteiger charge is -2.10. The summed E-state index contributed by atoms with van der Waals surface area (Å²) in [6, 6.07) is 29.8. The summed E-state index contributed by atoms with van der Waals surface area (Å²) in [6.45, 7) is 2.29. The Morgan fingerprint density at radius 2 is 0.971 bits per heavy atom. The lowest BCUT2D eigenvalue weighted by atomic mass is 9.94. The molecule has 0 unspecified atom stereocenters. The zero-order valence-electron chi connectivity index (χ0n) is 20.8. The molecule has 5 rings (SSSR count). The molecule has 174 valence electrons. The van der Waals surface area contributed by atoms with Gasteiger partial charge in [-0.1, -0.05) is 131 Å². The molecule has 0 heterocycles. The van der Waals surface area contributed by atoms with E-state index in [4.69, 9.17) is 0 Å². The third-order valence-electron chi connectivity index (χ3n) is 7.58. The van der Waals surface area contributed by atoms with Crippen molar-refractivity contribution in [2.24, 2.45) is 0 Å². The van der Waals surface area contributed by atoms with Crippen molar-refractivity contribution in [2.45, 2.75) is 77.6 Å². The number of hydrogen-bond donors (Lipinski definition) is 0. The number of aryl methyl sites for hydroxylation is 1. The Morgan fingerprint density at radius 1 is 0.412 bits per heavy atom. The van der Waals surface area contributed by atoms with Crippen LogP contribution in [-0.2, 0) is 6.42 Å². The van der Waals surface area contributed by atoms with Gasteiger partial charge in [0, 0.05) is 0 Å². The lowest BCUT2D eigenvalue weighted by molar-refractivity contribution is 0.556. The number of hydrogen-bond acceptors (Lipinski definition) is 0. The minimum Gasteiger partial charge on any atom is -0.0654 e. The average Bonchev–Trinajstić information content (AvgIpc) is 2.88. The topological polar surface area (TPSA) is 0 Å². The molecule has 5 aromatic rings. The van der Waals surface area contributed by atoms with E-state index in [1.165, 1.54) is 119 Å². The number of rotatable bonds is 11. The predicted octanol–water partition coefficient (Wildman–Crippen LogP) is 10.8. The maximum absolute atomic E-state index is 2.42. The van der Waals surface area contributed by atoms with Crippen molar-refractivity contribution < 1.29 is 0 Å². The Balaban J connectivity index is 1.25. The number of fused-ring (bicyclic) bond motifs is 6. The SMILES string of the molecule is CCCCCCCCCCCCc1ccc2c(ccc3c4cc5ccccc5cc4ccc23)c1. The van der Waals surface area contributed by atoms with Gasteiger partial charge < -0.3 is 0 Å². The van der Waals surface area contributed by atoms with E-state index in [1.54, 1.807) is 0 Å². The van der Waals surface area contributed by atoms with E-state index >= 15 is 0 Å². The summed E-state index contributed by atoms with van der Waals surface area (Å²) < 4.78 is 0. The van der Waals surface area contributed by atoms with Crippen molar-refractivity contribution in [3.63, 3.8) is 0 Å². The molecule has 0 spiro atoms. The Bertz CT molecular complexity index is 1390. The van der Waals surface area contributed by atoms with Crippen LogP contribution in [0.15, 0.2) is 78.9 Å². The molecule has 0 saturated heterocycles. The van der Waals surface area contributed by atoms with E-state index < -0.39 is 0 Å². The molecule has 34 heavy (non-hydrogen) atoms. The highest BCUT2D eigenvalue weighted by atomic mass is 14.1. The van der Waals surface area contributed by atoms with E-state index in [1.807, 2.05) is 0 Å². The third kappa shape index (κ3) is 5.12. The van der Waals surface area contributed by atoms with Crippen molar-refractivity contribution >= 4 is 43.1 Å². The van der Waals surface area contributed by atoms with E-state index in [0.29, 0.717) is 0 Å². The highest BCUT2D eigenvalue weighted by Gasteiger charge is 2.07. The van der Waals surface area contributed by atoms with Gasteiger partial charge in [0.15, 0.2) is 0 Å². The maximum Gasteiger partial charge on any atom is -0.00987 e. The van der Waals surface area contributed by atoms with Gasteiger partial charge in [-0.15, -0.1) is 0 Å². The summed E-state index contributed by atoms with van der Waals surface area (Å²) in [5, 5.41) is 10.8. The highest BCUT2D eigenvalue weighted by Crippen LogP contribution is 2.34. The Kier molecular flexibility index (Phi) is 7.44. The Labute approximate surface area is 205 Å². The van der Waals surface area contributed by atoms with Crippen LogP contribution in [0.4, 0.5) is 0 Å². The maximum atomic E-state index is 2.42. The Hall–Kier alpha value is -2.86. The van der Waals surface area contributed by atoms with E-state index in [-0.39, 0.29) is 0 Å². The minimum absolute atomic E-state index is 1.20. The first-order chi connectivity index (χ1) is 16.8. The van der Waals surface area contributed by atoms with Crippen LogP contribution in [0.2, 0.25) is 0 Å². The molecule has 0 aliphatic carbocycles. The molecule has 0 bridgehead atoms. The van der Waals surface area contributed by atoms with Gasteiger partial charge in [-0.25, -0.2) is 0 Å². The molecule has 0 fully saturated rings. The van der Waals surface area contributed by atoms with Gasteiger partial charge >= 0.3 is 0 Å². The van der Waals surface area contributed by atoms with Crippen LogP contribution in [-0.4, -0.2) is 0 Å². The lowest BCUT2D eigenvalue weighted by Crippen LogP contribution is -1.88. The summed E-state index contributed by atoms with van der Waals surface area (Å²) in [5.74, 6) is 0. The van der Waals surface area contributed by atoms with Gasteiger partial charge in [-0.05, 0) is 73.6 Å².